The molecule has 1 aliphatic carbocycles. The molecular formula is C20H31NO3. The van der Waals surface area contributed by atoms with Crippen molar-refractivity contribution in [2.75, 3.05) is 6.61 Å². The Balaban J connectivity index is 2.00. The number of aromatic hydroxyl groups is 1. The molecule has 0 unspecified atom stereocenters. The van der Waals surface area contributed by atoms with Crippen LogP contribution in [0.25, 0.3) is 0 Å². The molecule has 3 N–H and O–H groups in total. The molecular weight excluding hydrogens is 302 g/mol. The third kappa shape index (κ3) is 4.97. The highest BCUT2D eigenvalue weighted by atomic mass is 16.3. The summed E-state index contributed by atoms with van der Waals surface area (Å²) in [6.07, 6.45) is 3.81. The number of hydrogen-bond acceptors (Lipinski definition) is 3. The van der Waals surface area contributed by atoms with Crippen LogP contribution in [0.4, 0.5) is 0 Å². The SMILES string of the molecule is CC(C)[C@@H]1CC[C@@H](C)C[C@H]1C(=O)N[C@@H](CO)Cc1ccc(O)cc1. The molecule has 4 heteroatoms. The monoisotopic (exact) mass is 333 g/mol. The van der Waals surface area contributed by atoms with E-state index in [2.05, 4.69) is 26.1 Å². The molecule has 2 rings (SSSR count). The Labute approximate surface area is 145 Å². The van der Waals surface area contributed by atoms with Gasteiger partial charge < -0.3 is 15.5 Å². The normalized spacial score (nSPS) is 25.5. The summed E-state index contributed by atoms with van der Waals surface area (Å²) < 4.78 is 0. The predicted octanol–water partition coefficient (Wildman–Crippen LogP) is 3.12. The van der Waals surface area contributed by atoms with Crippen molar-refractivity contribution in [3.8, 4) is 5.75 Å². The Hall–Kier alpha value is -1.55. The zero-order valence-electron chi connectivity index (χ0n) is 15.0. The first-order valence-corrected chi connectivity index (χ1v) is 9.09. The lowest BCUT2D eigenvalue weighted by molar-refractivity contribution is -0.130. The van der Waals surface area contributed by atoms with Crippen molar-refractivity contribution in [2.45, 2.75) is 52.5 Å². The van der Waals surface area contributed by atoms with Crippen molar-refractivity contribution < 1.29 is 15.0 Å². The number of rotatable bonds is 6. The van der Waals surface area contributed by atoms with Crippen molar-refractivity contribution >= 4 is 5.91 Å². The maximum Gasteiger partial charge on any atom is 0.223 e. The first-order valence-electron chi connectivity index (χ1n) is 9.09. The van der Waals surface area contributed by atoms with Crippen LogP contribution in [-0.2, 0) is 11.2 Å². The number of amides is 1. The van der Waals surface area contributed by atoms with Gasteiger partial charge in [0.15, 0.2) is 0 Å². The molecule has 1 aromatic carbocycles. The minimum Gasteiger partial charge on any atom is -0.508 e. The Morgan fingerprint density at radius 2 is 1.92 bits per heavy atom. The summed E-state index contributed by atoms with van der Waals surface area (Å²) in [7, 11) is 0. The molecule has 1 aliphatic rings. The minimum absolute atomic E-state index is 0.0441. The van der Waals surface area contributed by atoms with Gasteiger partial charge in [-0.25, -0.2) is 0 Å². The number of phenolic OH excluding ortho intramolecular Hbond substituents is 1. The second-order valence-electron chi connectivity index (χ2n) is 7.69. The van der Waals surface area contributed by atoms with Crippen LogP contribution >= 0.6 is 0 Å². The minimum atomic E-state index is -0.285. The smallest absolute Gasteiger partial charge is 0.223 e. The maximum absolute atomic E-state index is 12.8. The summed E-state index contributed by atoms with van der Waals surface area (Å²) in [5.41, 5.74) is 0.990. The first-order chi connectivity index (χ1) is 11.4. The summed E-state index contributed by atoms with van der Waals surface area (Å²) in [6.45, 7) is 6.53. The summed E-state index contributed by atoms with van der Waals surface area (Å²) >= 11 is 0. The number of hydrogen-bond donors (Lipinski definition) is 3. The van der Waals surface area contributed by atoms with Gasteiger partial charge in [0.1, 0.15) is 5.75 Å². The van der Waals surface area contributed by atoms with E-state index in [1.165, 1.54) is 6.42 Å². The van der Waals surface area contributed by atoms with E-state index in [0.29, 0.717) is 24.2 Å². The highest BCUT2D eigenvalue weighted by Crippen LogP contribution is 2.38. The van der Waals surface area contributed by atoms with E-state index in [-0.39, 0.29) is 30.2 Å². The predicted molar refractivity (Wildman–Crippen MR) is 95.7 cm³/mol. The molecule has 0 aliphatic heterocycles. The van der Waals surface area contributed by atoms with Crippen molar-refractivity contribution in [2.24, 2.45) is 23.7 Å². The van der Waals surface area contributed by atoms with Crippen molar-refractivity contribution in [3.63, 3.8) is 0 Å². The van der Waals surface area contributed by atoms with E-state index < -0.39 is 0 Å². The molecule has 24 heavy (non-hydrogen) atoms. The van der Waals surface area contributed by atoms with Gasteiger partial charge in [-0.2, -0.15) is 0 Å². The quantitative estimate of drug-likeness (QED) is 0.749. The fourth-order valence-electron chi connectivity index (χ4n) is 3.89. The van der Waals surface area contributed by atoms with Gasteiger partial charge in [-0.1, -0.05) is 39.3 Å². The Morgan fingerprint density at radius 3 is 2.50 bits per heavy atom. The topological polar surface area (TPSA) is 69.6 Å². The van der Waals surface area contributed by atoms with Crippen LogP contribution in [0, 0.1) is 23.7 Å². The largest absolute Gasteiger partial charge is 0.508 e. The average molecular weight is 333 g/mol. The maximum atomic E-state index is 12.8. The van der Waals surface area contributed by atoms with Crippen LogP contribution in [0.15, 0.2) is 24.3 Å². The van der Waals surface area contributed by atoms with E-state index >= 15 is 0 Å². The number of nitrogens with one attached hydrogen (secondary N) is 1. The summed E-state index contributed by atoms with van der Waals surface area (Å²) in [4.78, 5) is 12.8. The van der Waals surface area contributed by atoms with Crippen molar-refractivity contribution in [3.05, 3.63) is 29.8 Å². The fourth-order valence-corrected chi connectivity index (χ4v) is 3.89. The van der Waals surface area contributed by atoms with E-state index in [4.69, 9.17) is 0 Å². The number of benzene rings is 1. The van der Waals surface area contributed by atoms with E-state index in [0.717, 1.165) is 18.4 Å². The first kappa shape index (κ1) is 18.8. The Kier molecular flexibility index (Phi) is 6.67. The number of phenols is 1. The molecule has 1 amide bonds. The molecule has 0 heterocycles. The number of carbonyl (C=O) groups excluding carboxylic acids is 1. The van der Waals surface area contributed by atoms with Gasteiger partial charge >= 0.3 is 0 Å². The molecule has 1 fully saturated rings. The zero-order valence-corrected chi connectivity index (χ0v) is 15.0. The molecule has 0 radical (unpaired) electrons. The van der Waals surface area contributed by atoms with Crippen molar-refractivity contribution in [1.82, 2.24) is 5.32 Å². The number of carbonyl (C=O) groups is 1. The summed E-state index contributed by atoms with van der Waals surface area (Å²) in [5.74, 6) is 1.85. The molecule has 134 valence electrons. The van der Waals surface area contributed by atoms with Gasteiger partial charge in [-0.15, -0.1) is 0 Å². The van der Waals surface area contributed by atoms with Gasteiger partial charge in [-0.3, -0.25) is 4.79 Å². The lowest BCUT2D eigenvalue weighted by Crippen LogP contribution is -2.46. The molecule has 0 aromatic heterocycles. The van der Waals surface area contributed by atoms with Crippen LogP contribution < -0.4 is 5.32 Å². The Morgan fingerprint density at radius 1 is 1.25 bits per heavy atom. The zero-order chi connectivity index (χ0) is 17.7. The Bertz CT molecular complexity index is 526. The third-order valence-electron chi connectivity index (χ3n) is 5.34. The molecule has 4 nitrogen and oxygen atoms in total. The van der Waals surface area contributed by atoms with Gasteiger partial charge in [0, 0.05) is 5.92 Å². The van der Waals surface area contributed by atoms with Crippen molar-refractivity contribution in [1.29, 1.82) is 0 Å². The lowest BCUT2D eigenvalue weighted by Gasteiger charge is -2.37. The van der Waals surface area contributed by atoms with Crippen LogP contribution in [0.1, 0.15) is 45.6 Å². The molecule has 0 saturated heterocycles. The molecule has 1 saturated carbocycles. The fraction of sp³-hybridized carbons (Fsp3) is 0.650. The highest BCUT2D eigenvalue weighted by Gasteiger charge is 2.35. The van der Waals surface area contributed by atoms with Crippen LogP contribution in [0.2, 0.25) is 0 Å². The lowest BCUT2D eigenvalue weighted by atomic mass is 9.69. The van der Waals surface area contributed by atoms with Gasteiger partial charge in [0.05, 0.1) is 12.6 Å². The standard InChI is InChI=1S/C20H31NO3/c1-13(2)18-9-4-14(3)10-19(18)20(24)21-16(12-22)11-15-5-7-17(23)8-6-15/h5-8,13-14,16,18-19,22-23H,4,9-12H2,1-3H3,(H,21,24)/t14-,16-,18+,19-/m1/s1. The molecule has 1 aromatic rings. The second-order valence-corrected chi connectivity index (χ2v) is 7.69. The van der Waals surface area contributed by atoms with Gasteiger partial charge in [-0.05, 0) is 54.7 Å². The average Bonchev–Trinajstić information content (AvgIpc) is 2.55. The van der Waals surface area contributed by atoms with Crippen LogP contribution in [0.3, 0.4) is 0 Å². The van der Waals surface area contributed by atoms with E-state index in [9.17, 15) is 15.0 Å². The molecule has 4 atom stereocenters. The van der Waals surface area contributed by atoms with Gasteiger partial charge in [0.2, 0.25) is 5.91 Å². The summed E-state index contributed by atoms with van der Waals surface area (Å²) in [5, 5.41) is 22.1. The number of aliphatic hydroxyl groups is 1. The number of aliphatic hydroxyl groups excluding tert-OH is 1. The summed E-state index contributed by atoms with van der Waals surface area (Å²) in [6, 6.07) is 6.62. The van der Waals surface area contributed by atoms with Crippen LogP contribution in [-0.4, -0.2) is 28.8 Å². The highest BCUT2D eigenvalue weighted by molar-refractivity contribution is 5.79. The van der Waals surface area contributed by atoms with Gasteiger partial charge in [0.25, 0.3) is 0 Å². The second kappa shape index (κ2) is 8.52. The molecule has 0 bridgehead atoms. The third-order valence-corrected chi connectivity index (χ3v) is 5.34. The van der Waals surface area contributed by atoms with Crippen LogP contribution in [0.5, 0.6) is 5.75 Å². The van der Waals surface area contributed by atoms with E-state index in [1.54, 1.807) is 12.1 Å². The molecule has 0 spiro atoms. The van der Waals surface area contributed by atoms with E-state index in [1.807, 2.05) is 12.1 Å².